The predicted octanol–water partition coefficient (Wildman–Crippen LogP) is 2.43. The number of benzene rings is 3. The second kappa shape index (κ2) is 6.51. The van der Waals surface area contributed by atoms with Crippen molar-refractivity contribution in [2.24, 2.45) is 0 Å². The Morgan fingerprint density at radius 2 is 1.38 bits per heavy atom. The first-order chi connectivity index (χ1) is 15.2. The summed E-state index contributed by atoms with van der Waals surface area (Å²) in [4.78, 5) is 12.7. The average molecular weight is 440 g/mol. The van der Waals surface area contributed by atoms with Gasteiger partial charge in [0.05, 0.1) is 11.5 Å². The van der Waals surface area contributed by atoms with Gasteiger partial charge in [-0.25, -0.2) is 4.79 Å². The molecule has 164 valence electrons. The Morgan fingerprint density at radius 3 is 2.06 bits per heavy atom. The van der Waals surface area contributed by atoms with E-state index in [1.165, 1.54) is 18.2 Å². The van der Waals surface area contributed by atoms with Gasteiger partial charge in [-0.1, -0.05) is 6.07 Å². The quantitative estimate of drug-likeness (QED) is 0.220. The van der Waals surface area contributed by atoms with Gasteiger partial charge in [-0.2, -0.15) is 0 Å². The summed E-state index contributed by atoms with van der Waals surface area (Å²) >= 11 is 0. The fraction of sp³-hybridized carbons (Fsp3) is 0.136. The molecule has 0 saturated carbocycles. The summed E-state index contributed by atoms with van der Waals surface area (Å²) in [7, 11) is 0. The van der Waals surface area contributed by atoms with Crippen LogP contribution in [0.4, 0.5) is 0 Å². The highest BCUT2D eigenvalue weighted by Gasteiger charge is 2.49. The van der Waals surface area contributed by atoms with Gasteiger partial charge in [-0.15, -0.1) is 0 Å². The highest BCUT2D eigenvalue weighted by Crippen LogP contribution is 2.56. The van der Waals surface area contributed by atoms with Crippen LogP contribution in [0.1, 0.15) is 39.1 Å². The molecule has 7 N–H and O–H groups in total. The van der Waals surface area contributed by atoms with E-state index in [1.807, 2.05) is 0 Å². The van der Waals surface area contributed by atoms with Crippen LogP contribution in [0.2, 0.25) is 0 Å². The minimum Gasteiger partial charge on any atom is -0.508 e. The van der Waals surface area contributed by atoms with E-state index in [9.17, 15) is 40.5 Å². The van der Waals surface area contributed by atoms with Gasteiger partial charge >= 0.3 is 5.97 Å². The summed E-state index contributed by atoms with van der Waals surface area (Å²) in [5, 5.41) is 70.1. The first-order valence-electron chi connectivity index (χ1n) is 9.40. The second-order valence-electron chi connectivity index (χ2n) is 7.57. The fourth-order valence-electron chi connectivity index (χ4n) is 4.26. The first kappa shape index (κ1) is 19.5. The SMILES string of the molecule is O=C1O[C@H]2[C@H](c3ccc(O)cc3O[C@@H]2c2cc(O)c(O)c(O)c2)c2c1cc(O)c(O)c2O. The van der Waals surface area contributed by atoms with E-state index in [2.05, 4.69) is 0 Å². The van der Waals surface area contributed by atoms with Crippen molar-refractivity contribution in [1.29, 1.82) is 0 Å². The Labute approximate surface area is 179 Å². The zero-order valence-corrected chi connectivity index (χ0v) is 16.1. The number of carbonyl (C=O) groups is 1. The molecule has 0 amide bonds. The third-order valence-corrected chi connectivity index (χ3v) is 5.70. The summed E-state index contributed by atoms with van der Waals surface area (Å²) in [5.41, 5.74) is 0.343. The molecule has 3 atom stereocenters. The zero-order chi connectivity index (χ0) is 22.9. The van der Waals surface area contributed by atoms with Crippen LogP contribution in [-0.4, -0.2) is 47.8 Å². The molecule has 2 heterocycles. The van der Waals surface area contributed by atoms with Gasteiger partial charge in [0.25, 0.3) is 0 Å². The van der Waals surface area contributed by atoms with Crippen LogP contribution in [0, 0.1) is 0 Å². The molecule has 3 aromatic carbocycles. The molecule has 0 radical (unpaired) electrons. The van der Waals surface area contributed by atoms with Gasteiger partial charge in [0, 0.05) is 22.8 Å². The topological polar surface area (TPSA) is 177 Å². The molecular formula is C22H16O10. The molecular weight excluding hydrogens is 424 g/mol. The molecule has 0 saturated heterocycles. The third kappa shape index (κ3) is 2.62. The van der Waals surface area contributed by atoms with E-state index in [4.69, 9.17) is 9.47 Å². The van der Waals surface area contributed by atoms with Crippen LogP contribution in [-0.2, 0) is 4.74 Å². The summed E-state index contributed by atoms with van der Waals surface area (Å²) in [6.45, 7) is 0. The van der Waals surface area contributed by atoms with Gasteiger partial charge in [0.2, 0.25) is 5.75 Å². The molecule has 10 nitrogen and oxygen atoms in total. The lowest BCUT2D eigenvalue weighted by molar-refractivity contribution is -0.0326. The summed E-state index contributed by atoms with van der Waals surface area (Å²) < 4.78 is 11.5. The second-order valence-corrected chi connectivity index (χ2v) is 7.57. The number of carbonyl (C=O) groups excluding carboxylic acids is 1. The number of phenolic OH excluding ortho intramolecular Hbond substituents is 7. The molecule has 3 aromatic rings. The third-order valence-electron chi connectivity index (χ3n) is 5.70. The minimum atomic E-state index is -1.15. The predicted molar refractivity (Wildman–Crippen MR) is 105 cm³/mol. The highest BCUT2D eigenvalue weighted by atomic mass is 16.6. The summed E-state index contributed by atoms with van der Waals surface area (Å²) in [6.07, 6.45) is -2.30. The van der Waals surface area contributed by atoms with Gasteiger partial charge < -0.3 is 45.2 Å². The Bertz CT molecular complexity index is 1280. The molecule has 32 heavy (non-hydrogen) atoms. The van der Waals surface area contributed by atoms with E-state index in [1.54, 1.807) is 0 Å². The van der Waals surface area contributed by atoms with Gasteiger partial charge in [-0.3, -0.25) is 0 Å². The number of aromatic hydroxyl groups is 7. The lowest BCUT2D eigenvalue weighted by atomic mass is 9.76. The first-order valence-corrected chi connectivity index (χ1v) is 9.40. The van der Waals surface area contributed by atoms with Gasteiger partial charge in [-0.05, 0) is 24.3 Å². The van der Waals surface area contributed by atoms with Crippen molar-refractivity contribution < 1.29 is 50.0 Å². The van der Waals surface area contributed by atoms with Crippen LogP contribution < -0.4 is 4.74 Å². The molecule has 2 aliphatic rings. The fourth-order valence-corrected chi connectivity index (χ4v) is 4.26. The average Bonchev–Trinajstić information content (AvgIpc) is 2.75. The molecule has 0 fully saturated rings. The van der Waals surface area contributed by atoms with Crippen LogP contribution in [0.25, 0.3) is 0 Å². The lowest BCUT2D eigenvalue weighted by Crippen LogP contribution is -2.42. The number of rotatable bonds is 1. The molecule has 5 rings (SSSR count). The zero-order valence-electron chi connectivity index (χ0n) is 16.1. The van der Waals surface area contributed by atoms with E-state index >= 15 is 0 Å². The molecule has 10 heteroatoms. The van der Waals surface area contributed by atoms with Gasteiger partial charge in [0.15, 0.2) is 41.0 Å². The Balaban J connectivity index is 1.78. The van der Waals surface area contributed by atoms with E-state index in [-0.39, 0.29) is 28.2 Å². The number of hydrogen-bond donors (Lipinski definition) is 7. The summed E-state index contributed by atoms with van der Waals surface area (Å²) in [5.74, 6) is -6.09. The van der Waals surface area contributed by atoms with Crippen LogP contribution >= 0.6 is 0 Å². The molecule has 2 aliphatic heterocycles. The van der Waals surface area contributed by atoms with Crippen molar-refractivity contribution in [3.63, 3.8) is 0 Å². The molecule has 0 aliphatic carbocycles. The number of ether oxygens (including phenoxy) is 2. The Kier molecular flexibility index (Phi) is 3.97. The van der Waals surface area contributed by atoms with Gasteiger partial charge in [0.1, 0.15) is 11.5 Å². The standard InChI is InChI=1S/C22H16O10/c23-8-1-2-9-14(5-8)31-20(7-3-11(24)17(27)12(25)4-7)21-16(9)15-10(22(30)32-21)6-13(26)18(28)19(15)29/h1-6,16,20-21,23-29H/t16-,20-,21+/m1/s1. The lowest BCUT2D eigenvalue weighted by Gasteiger charge is -2.42. The molecule has 0 unspecified atom stereocenters. The highest BCUT2D eigenvalue weighted by molar-refractivity contribution is 5.95. The normalized spacial score (nSPS) is 21.0. The Hall–Kier alpha value is -4.47. The molecule has 0 bridgehead atoms. The van der Waals surface area contributed by atoms with E-state index in [0.29, 0.717) is 5.56 Å². The minimum absolute atomic E-state index is 0.0194. The molecule has 0 spiro atoms. The Morgan fingerprint density at radius 1 is 0.719 bits per heavy atom. The number of hydrogen-bond acceptors (Lipinski definition) is 10. The monoisotopic (exact) mass is 440 g/mol. The van der Waals surface area contributed by atoms with Crippen molar-refractivity contribution in [3.05, 3.63) is 58.7 Å². The van der Waals surface area contributed by atoms with Crippen LogP contribution in [0.15, 0.2) is 36.4 Å². The van der Waals surface area contributed by atoms with Crippen molar-refractivity contribution >= 4 is 5.97 Å². The maximum atomic E-state index is 12.7. The van der Waals surface area contributed by atoms with Crippen LogP contribution in [0.5, 0.6) is 46.0 Å². The van der Waals surface area contributed by atoms with Crippen LogP contribution in [0.3, 0.4) is 0 Å². The van der Waals surface area contributed by atoms with E-state index < -0.39 is 58.6 Å². The number of fused-ring (bicyclic) bond motifs is 5. The maximum absolute atomic E-state index is 12.7. The molecule has 0 aromatic heterocycles. The van der Waals surface area contributed by atoms with Crippen molar-refractivity contribution in [2.75, 3.05) is 0 Å². The number of phenols is 7. The van der Waals surface area contributed by atoms with Crippen molar-refractivity contribution in [2.45, 2.75) is 18.1 Å². The van der Waals surface area contributed by atoms with E-state index in [0.717, 1.165) is 18.2 Å². The van der Waals surface area contributed by atoms with Crippen molar-refractivity contribution in [3.8, 4) is 46.0 Å². The summed E-state index contributed by atoms with van der Waals surface area (Å²) in [6, 6.07) is 7.36. The number of esters is 1. The maximum Gasteiger partial charge on any atom is 0.339 e. The van der Waals surface area contributed by atoms with Crippen molar-refractivity contribution in [1.82, 2.24) is 0 Å². The smallest absolute Gasteiger partial charge is 0.339 e. The largest absolute Gasteiger partial charge is 0.508 e.